The van der Waals surface area contributed by atoms with E-state index in [-0.39, 0.29) is 11.1 Å². The number of nitro benzene ring substituents is 1. The zero-order chi connectivity index (χ0) is 19.4. The average Bonchev–Trinajstić information content (AvgIpc) is 2.66. The largest absolute Gasteiger partial charge is 0.382 e. The first-order valence-electron chi connectivity index (χ1n) is 9.06. The quantitative estimate of drug-likeness (QED) is 0.570. The van der Waals surface area contributed by atoms with Crippen LogP contribution in [0.3, 0.4) is 0 Å². The maximum atomic E-state index is 13.9. The number of amides is 1. The summed E-state index contributed by atoms with van der Waals surface area (Å²) in [6.07, 6.45) is 6.10. The molecule has 0 spiro atoms. The minimum absolute atomic E-state index is 0.0882. The third kappa shape index (κ3) is 4.61. The molecule has 2 aromatic carbocycles. The minimum Gasteiger partial charge on any atom is -0.382 e. The van der Waals surface area contributed by atoms with Crippen molar-refractivity contribution in [2.75, 3.05) is 10.6 Å². The summed E-state index contributed by atoms with van der Waals surface area (Å²) in [5.74, 6) is -1.37. The molecule has 6 nitrogen and oxygen atoms in total. The smallest absolute Gasteiger partial charge is 0.276 e. The van der Waals surface area contributed by atoms with Gasteiger partial charge in [-0.25, -0.2) is 4.39 Å². The Kier molecular flexibility index (Phi) is 5.69. The zero-order valence-electron chi connectivity index (χ0n) is 15.1. The van der Waals surface area contributed by atoms with Crippen LogP contribution in [0, 0.1) is 22.9 Å². The highest BCUT2D eigenvalue weighted by molar-refractivity contribution is 6.04. The summed E-state index contributed by atoms with van der Waals surface area (Å²) >= 11 is 0. The van der Waals surface area contributed by atoms with Crippen LogP contribution in [-0.4, -0.2) is 16.9 Å². The fourth-order valence-corrected chi connectivity index (χ4v) is 3.32. The SMILES string of the molecule is Cc1c(F)cc(C(=O)Nc2ccc(NC3CCCCC3)cc2)cc1[N+](=O)[O-]. The molecule has 3 rings (SSSR count). The van der Waals surface area contributed by atoms with Gasteiger partial charge in [0.1, 0.15) is 5.82 Å². The fraction of sp³-hybridized carbons (Fsp3) is 0.350. The van der Waals surface area contributed by atoms with E-state index >= 15 is 0 Å². The summed E-state index contributed by atoms with van der Waals surface area (Å²) < 4.78 is 13.9. The van der Waals surface area contributed by atoms with Crippen molar-refractivity contribution >= 4 is 23.0 Å². The first-order chi connectivity index (χ1) is 12.9. The van der Waals surface area contributed by atoms with E-state index in [1.807, 2.05) is 12.1 Å². The van der Waals surface area contributed by atoms with Crippen molar-refractivity contribution in [2.45, 2.75) is 45.1 Å². The van der Waals surface area contributed by atoms with E-state index in [0.29, 0.717) is 11.7 Å². The molecule has 27 heavy (non-hydrogen) atoms. The van der Waals surface area contributed by atoms with Crippen molar-refractivity contribution in [1.82, 2.24) is 0 Å². The molecule has 1 aliphatic rings. The van der Waals surface area contributed by atoms with Crippen molar-refractivity contribution in [3.05, 3.63) is 63.5 Å². The van der Waals surface area contributed by atoms with Gasteiger partial charge in [-0.15, -0.1) is 0 Å². The van der Waals surface area contributed by atoms with Crippen molar-refractivity contribution < 1.29 is 14.1 Å². The molecule has 0 atom stereocenters. The number of nitrogens with one attached hydrogen (secondary N) is 2. The lowest BCUT2D eigenvalue weighted by molar-refractivity contribution is -0.385. The highest BCUT2D eigenvalue weighted by Gasteiger charge is 2.19. The predicted molar refractivity (Wildman–Crippen MR) is 103 cm³/mol. The van der Waals surface area contributed by atoms with E-state index < -0.39 is 22.3 Å². The third-order valence-electron chi connectivity index (χ3n) is 4.89. The van der Waals surface area contributed by atoms with Crippen molar-refractivity contribution in [2.24, 2.45) is 0 Å². The molecule has 0 saturated heterocycles. The Morgan fingerprint density at radius 1 is 1.11 bits per heavy atom. The second kappa shape index (κ2) is 8.16. The number of nitro groups is 1. The Morgan fingerprint density at radius 2 is 1.74 bits per heavy atom. The Balaban J connectivity index is 1.68. The Hall–Kier alpha value is -2.96. The monoisotopic (exact) mass is 371 g/mol. The molecular weight excluding hydrogens is 349 g/mol. The minimum atomic E-state index is -0.777. The van der Waals surface area contributed by atoms with Gasteiger partial charge in [0, 0.05) is 29.0 Å². The number of halogens is 1. The van der Waals surface area contributed by atoms with Crippen LogP contribution >= 0.6 is 0 Å². The fourth-order valence-electron chi connectivity index (χ4n) is 3.32. The van der Waals surface area contributed by atoms with Crippen LogP contribution in [0.25, 0.3) is 0 Å². The summed E-state index contributed by atoms with van der Waals surface area (Å²) in [5.41, 5.74) is 0.936. The molecule has 0 radical (unpaired) electrons. The highest BCUT2D eigenvalue weighted by atomic mass is 19.1. The van der Waals surface area contributed by atoms with E-state index in [9.17, 15) is 19.3 Å². The van der Waals surface area contributed by atoms with Gasteiger partial charge in [0.25, 0.3) is 11.6 Å². The Labute approximate surface area is 156 Å². The molecular formula is C20H22FN3O3. The standard InChI is InChI=1S/C20H22FN3O3/c1-13-18(21)11-14(12-19(13)24(26)27)20(25)23-17-9-7-16(8-10-17)22-15-5-3-2-4-6-15/h7-12,15,22H,2-6H2,1H3,(H,23,25). The maximum Gasteiger partial charge on any atom is 0.276 e. The lowest BCUT2D eigenvalue weighted by atomic mass is 9.95. The molecule has 2 aromatic rings. The number of anilines is 2. The van der Waals surface area contributed by atoms with E-state index in [0.717, 1.165) is 30.7 Å². The first-order valence-corrected chi connectivity index (χ1v) is 9.06. The van der Waals surface area contributed by atoms with Gasteiger partial charge in [0.15, 0.2) is 0 Å². The third-order valence-corrected chi connectivity index (χ3v) is 4.89. The van der Waals surface area contributed by atoms with Crippen LogP contribution < -0.4 is 10.6 Å². The number of nitrogens with zero attached hydrogens (tertiary/aromatic N) is 1. The van der Waals surface area contributed by atoms with Crippen LogP contribution in [0.5, 0.6) is 0 Å². The normalized spacial score (nSPS) is 14.6. The molecule has 1 amide bonds. The number of carbonyl (C=O) groups excluding carboxylic acids is 1. The van der Waals surface area contributed by atoms with Crippen LogP contribution in [-0.2, 0) is 0 Å². The second-order valence-electron chi connectivity index (χ2n) is 6.87. The van der Waals surface area contributed by atoms with Crippen LogP contribution in [0.1, 0.15) is 48.0 Å². The van der Waals surface area contributed by atoms with Crippen molar-refractivity contribution in [1.29, 1.82) is 0 Å². The van der Waals surface area contributed by atoms with Gasteiger partial charge in [-0.1, -0.05) is 19.3 Å². The molecule has 0 aliphatic heterocycles. The van der Waals surface area contributed by atoms with Gasteiger partial charge in [0.2, 0.25) is 0 Å². The number of hydrogen-bond donors (Lipinski definition) is 2. The first kappa shape index (κ1) is 18.8. The maximum absolute atomic E-state index is 13.9. The van der Waals surface area contributed by atoms with E-state index in [4.69, 9.17) is 0 Å². The Bertz CT molecular complexity index is 846. The molecule has 2 N–H and O–H groups in total. The number of benzene rings is 2. The van der Waals surface area contributed by atoms with Crippen molar-refractivity contribution in [3.8, 4) is 0 Å². The van der Waals surface area contributed by atoms with Gasteiger partial charge in [-0.2, -0.15) is 0 Å². The number of carbonyl (C=O) groups is 1. The molecule has 0 heterocycles. The van der Waals surface area contributed by atoms with Crippen LogP contribution in [0.4, 0.5) is 21.5 Å². The molecule has 0 unspecified atom stereocenters. The molecule has 0 aromatic heterocycles. The molecule has 142 valence electrons. The van der Waals surface area contributed by atoms with Gasteiger partial charge in [-0.3, -0.25) is 14.9 Å². The lowest BCUT2D eigenvalue weighted by Crippen LogP contribution is -2.22. The summed E-state index contributed by atoms with van der Waals surface area (Å²) in [5, 5.41) is 17.1. The lowest BCUT2D eigenvalue weighted by Gasteiger charge is -2.23. The summed E-state index contributed by atoms with van der Waals surface area (Å²) in [6, 6.07) is 9.84. The number of hydrogen-bond acceptors (Lipinski definition) is 4. The zero-order valence-corrected chi connectivity index (χ0v) is 15.1. The average molecular weight is 371 g/mol. The van der Waals surface area contributed by atoms with Crippen LogP contribution in [0.2, 0.25) is 0 Å². The van der Waals surface area contributed by atoms with Crippen LogP contribution in [0.15, 0.2) is 36.4 Å². The van der Waals surface area contributed by atoms with Gasteiger partial charge >= 0.3 is 0 Å². The number of rotatable bonds is 5. The molecule has 0 bridgehead atoms. The van der Waals surface area contributed by atoms with E-state index in [2.05, 4.69) is 10.6 Å². The highest BCUT2D eigenvalue weighted by Crippen LogP contribution is 2.25. The predicted octanol–water partition coefficient (Wildman–Crippen LogP) is 5.04. The molecule has 1 aliphatic carbocycles. The molecule has 1 fully saturated rings. The summed E-state index contributed by atoms with van der Waals surface area (Å²) in [6.45, 7) is 1.31. The Morgan fingerprint density at radius 3 is 2.37 bits per heavy atom. The second-order valence-corrected chi connectivity index (χ2v) is 6.87. The summed E-state index contributed by atoms with van der Waals surface area (Å²) in [7, 11) is 0. The van der Waals surface area contributed by atoms with Crippen molar-refractivity contribution in [3.63, 3.8) is 0 Å². The molecule has 1 saturated carbocycles. The van der Waals surface area contributed by atoms with Gasteiger partial charge in [0.05, 0.1) is 10.5 Å². The van der Waals surface area contributed by atoms with Gasteiger partial charge < -0.3 is 10.6 Å². The van der Waals surface area contributed by atoms with E-state index in [1.165, 1.54) is 26.2 Å². The van der Waals surface area contributed by atoms with E-state index in [1.54, 1.807) is 12.1 Å². The molecule has 7 heteroatoms. The summed E-state index contributed by atoms with van der Waals surface area (Å²) in [4.78, 5) is 22.7. The van der Waals surface area contributed by atoms with Gasteiger partial charge in [-0.05, 0) is 50.1 Å². The topological polar surface area (TPSA) is 84.3 Å².